The maximum Gasteiger partial charge on any atom is 0.267 e. The van der Waals surface area contributed by atoms with Gasteiger partial charge in [0, 0.05) is 19.3 Å². The molecule has 1 aliphatic rings. The van der Waals surface area contributed by atoms with Crippen molar-refractivity contribution < 1.29 is 12.6 Å². The molecule has 0 N–H and O–H groups in total. The highest BCUT2D eigenvalue weighted by atomic mass is 32.2. The van der Waals surface area contributed by atoms with E-state index in [-0.39, 0.29) is 11.9 Å². The molecule has 0 saturated carbocycles. The number of hydrogen-bond acceptors (Lipinski definition) is 5. The minimum absolute atomic E-state index is 0.0352. The Kier molecular flexibility index (Phi) is 4.19. The summed E-state index contributed by atoms with van der Waals surface area (Å²) in [6.07, 6.45) is 3.01. The van der Waals surface area contributed by atoms with Gasteiger partial charge >= 0.3 is 0 Å². The van der Waals surface area contributed by atoms with Crippen LogP contribution in [0.15, 0.2) is 24.4 Å². The number of hydrogen-bond donors (Lipinski definition) is 0. The van der Waals surface area contributed by atoms with E-state index in [0.717, 1.165) is 31.7 Å². The van der Waals surface area contributed by atoms with Crippen molar-refractivity contribution in [2.45, 2.75) is 25.9 Å². The molecule has 0 aliphatic carbocycles. The normalized spacial score (nSPS) is 17.9. The Morgan fingerprint density at radius 2 is 2.11 bits per heavy atom. The zero-order chi connectivity index (χ0) is 13.0. The number of nitrogens with zero attached hydrogens (tertiary/aromatic N) is 2. The maximum absolute atomic E-state index is 11.4. The van der Waals surface area contributed by atoms with E-state index >= 15 is 0 Å². The van der Waals surface area contributed by atoms with Crippen LogP contribution in [0, 0.1) is 0 Å². The minimum atomic E-state index is -3.34. The smallest absolute Gasteiger partial charge is 0.267 e. The molecule has 0 unspecified atom stereocenters. The fourth-order valence-electron chi connectivity index (χ4n) is 2.00. The quantitative estimate of drug-likeness (QED) is 0.774. The lowest BCUT2D eigenvalue weighted by Gasteiger charge is -2.32. The molecular formula is C12H18N2O3S. The van der Waals surface area contributed by atoms with Gasteiger partial charge in [-0.25, -0.2) is 4.98 Å². The van der Waals surface area contributed by atoms with Crippen LogP contribution in [-0.4, -0.2) is 38.3 Å². The van der Waals surface area contributed by atoms with Crippen molar-refractivity contribution in [3.63, 3.8) is 0 Å². The summed E-state index contributed by atoms with van der Waals surface area (Å²) in [4.78, 5) is 6.44. The first-order chi connectivity index (χ1) is 8.61. The van der Waals surface area contributed by atoms with E-state index in [4.69, 9.17) is 4.18 Å². The predicted octanol–water partition coefficient (Wildman–Crippen LogP) is 1.42. The van der Waals surface area contributed by atoms with Crippen molar-refractivity contribution in [3.05, 3.63) is 24.4 Å². The third kappa shape index (κ3) is 3.43. The highest BCUT2D eigenvalue weighted by Gasteiger charge is 2.24. The third-order valence-electron chi connectivity index (χ3n) is 3.05. The van der Waals surface area contributed by atoms with E-state index < -0.39 is 10.1 Å². The van der Waals surface area contributed by atoms with Crippen LogP contribution in [0.25, 0.3) is 0 Å². The fourth-order valence-corrected chi connectivity index (χ4v) is 2.74. The molecule has 1 saturated heterocycles. The van der Waals surface area contributed by atoms with Crippen LogP contribution in [0.4, 0.5) is 5.82 Å². The second-order valence-electron chi connectivity index (χ2n) is 4.32. The van der Waals surface area contributed by atoms with Gasteiger partial charge in [0.05, 0.1) is 11.9 Å². The van der Waals surface area contributed by atoms with Crippen molar-refractivity contribution in [2.75, 3.05) is 23.7 Å². The predicted molar refractivity (Wildman–Crippen MR) is 70.0 cm³/mol. The molecule has 0 radical (unpaired) electrons. The van der Waals surface area contributed by atoms with Crippen molar-refractivity contribution in [1.29, 1.82) is 0 Å². The van der Waals surface area contributed by atoms with Crippen molar-refractivity contribution >= 4 is 15.9 Å². The van der Waals surface area contributed by atoms with Gasteiger partial charge in [0.2, 0.25) is 0 Å². The van der Waals surface area contributed by atoms with E-state index in [1.165, 1.54) is 0 Å². The van der Waals surface area contributed by atoms with E-state index in [9.17, 15) is 8.42 Å². The lowest BCUT2D eigenvalue weighted by atomic mass is 10.1. The Labute approximate surface area is 108 Å². The number of piperidine rings is 1. The number of aromatic nitrogens is 1. The summed E-state index contributed by atoms with van der Waals surface area (Å²) in [5.74, 6) is 0.974. The Morgan fingerprint density at radius 1 is 1.39 bits per heavy atom. The van der Waals surface area contributed by atoms with Gasteiger partial charge in [-0.3, -0.25) is 4.18 Å². The first-order valence-electron chi connectivity index (χ1n) is 6.17. The van der Waals surface area contributed by atoms with Crippen LogP contribution in [0.1, 0.15) is 19.8 Å². The molecule has 2 rings (SSSR count). The van der Waals surface area contributed by atoms with Crippen LogP contribution >= 0.6 is 0 Å². The van der Waals surface area contributed by atoms with Crippen LogP contribution in [-0.2, 0) is 14.3 Å². The standard InChI is InChI=1S/C12H18N2O3S/c1-2-18(15,16)17-11-6-9-14(10-7-11)12-5-3-4-8-13-12/h3-5,8,11H,2,6-7,9-10H2,1H3. The summed E-state index contributed by atoms with van der Waals surface area (Å²) in [5.41, 5.74) is 0. The second-order valence-corrected chi connectivity index (χ2v) is 6.20. The lowest BCUT2D eigenvalue weighted by Crippen LogP contribution is -2.38. The van der Waals surface area contributed by atoms with Crippen LogP contribution < -0.4 is 4.90 Å². The monoisotopic (exact) mass is 270 g/mol. The minimum Gasteiger partial charge on any atom is -0.356 e. The summed E-state index contributed by atoms with van der Waals surface area (Å²) in [6.45, 7) is 3.15. The van der Waals surface area contributed by atoms with Gasteiger partial charge in [-0.1, -0.05) is 6.07 Å². The van der Waals surface area contributed by atoms with Crippen molar-refractivity contribution in [1.82, 2.24) is 4.98 Å². The molecule has 0 spiro atoms. The molecule has 6 heteroatoms. The molecule has 1 fully saturated rings. The maximum atomic E-state index is 11.4. The Hall–Kier alpha value is -1.14. The molecule has 2 heterocycles. The van der Waals surface area contributed by atoms with Crippen LogP contribution in [0.2, 0.25) is 0 Å². The largest absolute Gasteiger partial charge is 0.356 e. The van der Waals surface area contributed by atoms with Crippen LogP contribution in [0.3, 0.4) is 0 Å². The summed E-state index contributed by atoms with van der Waals surface area (Å²) in [6, 6.07) is 5.80. The average Bonchev–Trinajstić information content (AvgIpc) is 2.40. The molecule has 1 aromatic heterocycles. The molecular weight excluding hydrogens is 252 g/mol. The van der Waals surface area contributed by atoms with Gasteiger partial charge in [-0.2, -0.15) is 8.42 Å². The first-order valence-corrected chi connectivity index (χ1v) is 7.75. The first kappa shape index (κ1) is 13.3. The third-order valence-corrected chi connectivity index (χ3v) is 4.32. The summed E-state index contributed by atoms with van der Waals surface area (Å²) < 4.78 is 27.9. The SMILES string of the molecule is CCS(=O)(=O)OC1CCN(c2ccccn2)CC1. The Balaban J connectivity index is 1.89. The summed E-state index contributed by atoms with van der Waals surface area (Å²) in [7, 11) is -3.34. The molecule has 0 amide bonds. The topological polar surface area (TPSA) is 59.5 Å². The zero-order valence-electron chi connectivity index (χ0n) is 10.4. The van der Waals surface area contributed by atoms with Crippen molar-refractivity contribution in [2.24, 2.45) is 0 Å². The molecule has 18 heavy (non-hydrogen) atoms. The molecule has 0 aromatic carbocycles. The van der Waals surface area contributed by atoms with E-state index in [1.54, 1.807) is 13.1 Å². The summed E-state index contributed by atoms with van der Waals surface area (Å²) in [5, 5.41) is 0. The van der Waals surface area contributed by atoms with Gasteiger partial charge in [-0.15, -0.1) is 0 Å². The number of pyridine rings is 1. The molecule has 100 valence electrons. The molecule has 0 bridgehead atoms. The van der Waals surface area contributed by atoms with E-state index in [0.29, 0.717) is 0 Å². The van der Waals surface area contributed by atoms with E-state index in [1.807, 2.05) is 18.2 Å². The van der Waals surface area contributed by atoms with Crippen LogP contribution in [0.5, 0.6) is 0 Å². The number of rotatable bonds is 4. The van der Waals surface area contributed by atoms with Gasteiger partial charge in [-0.05, 0) is 31.9 Å². The Morgan fingerprint density at radius 3 is 2.67 bits per heavy atom. The van der Waals surface area contributed by atoms with Crippen molar-refractivity contribution in [3.8, 4) is 0 Å². The van der Waals surface area contributed by atoms with Gasteiger partial charge < -0.3 is 4.90 Å². The molecule has 1 aliphatic heterocycles. The second kappa shape index (κ2) is 5.67. The molecule has 0 atom stereocenters. The highest BCUT2D eigenvalue weighted by Crippen LogP contribution is 2.20. The van der Waals surface area contributed by atoms with Gasteiger partial charge in [0.1, 0.15) is 5.82 Å². The molecule has 1 aromatic rings. The number of anilines is 1. The van der Waals surface area contributed by atoms with Gasteiger partial charge in [0.25, 0.3) is 10.1 Å². The van der Waals surface area contributed by atoms with E-state index in [2.05, 4.69) is 9.88 Å². The fraction of sp³-hybridized carbons (Fsp3) is 0.583. The average molecular weight is 270 g/mol. The van der Waals surface area contributed by atoms with Gasteiger partial charge in [0.15, 0.2) is 0 Å². The zero-order valence-corrected chi connectivity index (χ0v) is 11.3. The Bertz CT molecular complexity index is 467. The summed E-state index contributed by atoms with van der Waals surface area (Å²) >= 11 is 0. The highest BCUT2D eigenvalue weighted by molar-refractivity contribution is 7.86. The lowest BCUT2D eigenvalue weighted by molar-refractivity contribution is 0.178. The molecule has 5 nitrogen and oxygen atoms in total.